The molecule has 4 aromatic rings. The highest BCUT2D eigenvalue weighted by Crippen LogP contribution is 2.32. The molecule has 0 atom stereocenters. The van der Waals surface area contributed by atoms with Crippen molar-refractivity contribution in [2.75, 3.05) is 13.2 Å². The number of aliphatic hydroxyl groups excluding tert-OH is 2. The third-order valence-electron chi connectivity index (χ3n) is 4.51. The van der Waals surface area contributed by atoms with E-state index in [1.54, 1.807) is 36.5 Å². The van der Waals surface area contributed by atoms with Crippen molar-refractivity contribution in [1.29, 1.82) is 0 Å². The molecular weight excluding hydrogens is 387 g/mol. The number of ether oxygens (including phenoxy) is 1. The highest BCUT2D eigenvalue weighted by Gasteiger charge is 2.21. The molecule has 0 spiro atoms. The first-order valence-electron chi connectivity index (χ1n) is 9.32. The molecule has 30 heavy (non-hydrogen) atoms. The molecule has 7 nitrogen and oxygen atoms in total. The molecule has 0 bridgehead atoms. The lowest BCUT2D eigenvalue weighted by Crippen LogP contribution is -2.10. The molecule has 4 rings (SSSR count). The van der Waals surface area contributed by atoms with E-state index < -0.39 is 5.92 Å². The molecule has 8 heteroatoms. The molecule has 2 aromatic carbocycles. The minimum atomic E-state index is -0.583. The molecule has 0 aliphatic heterocycles. The highest BCUT2D eigenvalue weighted by atomic mass is 19.1. The molecule has 0 amide bonds. The molecule has 2 aromatic heterocycles. The van der Waals surface area contributed by atoms with Crippen molar-refractivity contribution in [2.24, 2.45) is 0 Å². The van der Waals surface area contributed by atoms with Crippen LogP contribution in [-0.2, 0) is 0 Å². The first kappa shape index (κ1) is 19.7. The van der Waals surface area contributed by atoms with Crippen LogP contribution in [0.25, 0.3) is 22.6 Å². The van der Waals surface area contributed by atoms with Crippen LogP contribution in [0.1, 0.15) is 11.7 Å². The van der Waals surface area contributed by atoms with Crippen molar-refractivity contribution in [3.8, 4) is 34.4 Å². The van der Waals surface area contributed by atoms with Gasteiger partial charge in [0.25, 0.3) is 0 Å². The van der Waals surface area contributed by atoms with Crippen LogP contribution in [0.5, 0.6) is 11.8 Å². The number of aromatic nitrogens is 4. The van der Waals surface area contributed by atoms with Gasteiger partial charge in [-0.2, -0.15) is 4.98 Å². The van der Waals surface area contributed by atoms with Crippen molar-refractivity contribution in [3.05, 3.63) is 78.5 Å². The fourth-order valence-electron chi connectivity index (χ4n) is 2.94. The summed E-state index contributed by atoms with van der Waals surface area (Å²) >= 11 is 0. The number of aliphatic hydroxyl groups is 2. The van der Waals surface area contributed by atoms with Gasteiger partial charge in [-0.05, 0) is 42.5 Å². The average molecular weight is 406 g/mol. The van der Waals surface area contributed by atoms with E-state index in [0.717, 1.165) is 0 Å². The van der Waals surface area contributed by atoms with Crippen LogP contribution in [0.15, 0.2) is 66.9 Å². The Kier molecular flexibility index (Phi) is 5.78. The van der Waals surface area contributed by atoms with Crippen molar-refractivity contribution in [1.82, 2.24) is 19.9 Å². The monoisotopic (exact) mass is 406 g/mol. The predicted molar refractivity (Wildman–Crippen MR) is 108 cm³/mol. The Hall–Kier alpha value is -3.62. The predicted octanol–water partition coefficient (Wildman–Crippen LogP) is 3.53. The molecule has 3 N–H and O–H groups in total. The second-order valence-corrected chi connectivity index (χ2v) is 6.55. The van der Waals surface area contributed by atoms with E-state index in [0.29, 0.717) is 34.2 Å². The van der Waals surface area contributed by atoms with Gasteiger partial charge in [0.2, 0.25) is 0 Å². The average Bonchev–Trinajstić information content (AvgIpc) is 3.21. The van der Waals surface area contributed by atoms with E-state index in [-0.39, 0.29) is 25.0 Å². The lowest BCUT2D eigenvalue weighted by molar-refractivity contribution is 0.188. The fraction of sp³-hybridized carbons (Fsp3) is 0.136. The summed E-state index contributed by atoms with van der Waals surface area (Å²) in [5.41, 5.74) is 2.22. The van der Waals surface area contributed by atoms with Gasteiger partial charge in [-0.1, -0.05) is 18.2 Å². The van der Waals surface area contributed by atoms with Crippen LogP contribution in [0.2, 0.25) is 0 Å². The maximum Gasteiger partial charge on any atom is 0.322 e. The molecule has 0 aliphatic rings. The van der Waals surface area contributed by atoms with Crippen molar-refractivity contribution < 1.29 is 19.3 Å². The first-order valence-corrected chi connectivity index (χ1v) is 9.32. The number of benzene rings is 2. The van der Waals surface area contributed by atoms with E-state index in [1.807, 2.05) is 18.2 Å². The Balaban J connectivity index is 1.77. The number of nitrogens with one attached hydrogen (secondary N) is 1. The second kappa shape index (κ2) is 8.81. The van der Waals surface area contributed by atoms with E-state index >= 15 is 0 Å². The number of imidazole rings is 1. The van der Waals surface area contributed by atoms with Crippen molar-refractivity contribution in [2.45, 2.75) is 5.92 Å². The van der Waals surface area contributed by atoms with Gasteiger partial charge < -0.3 is 19.9 Å². The van der Waals surface area contributed by atoms with Gasteiger partial charge in [0.05, 0.1) is 36.2 Å². The summed E-state index contributed by atoms with van der Waals surface area (Å²) in [6, 6.07) is 16.9. The number of nitrogens with zero attached hydrogens (tertiary/aromatic N) is 3. The number of halogens is 1. The summed E-state index contributed by atoms with van der Waals surface area (Å²) < 4.78 is 19.1. The molecule has 2 heterocycles. The van der Waals surface area contributed by atoms with Crippen LogP contribution in [0, 0.1) is 5.82 Å². The van der Waals surface area contributed by atoms with Crippen molar-refractivity contribution >= 4 is 0 Å². The lowest BCUT2D eigenvalue weighted by atomic mass is 10.1. The van der Waals surface area contributed by atoms with Crippen LogP contribution >= 0.6 is 0 Å². The smallest absolute Gasteiger partial charge is 0.322 e. The van der Waals surface area contributed by atoms with Crippen LogP contribution in [-0.4, -0.2) is 43.4 Å². The summed E-state index contributed by atoms with van der Waals surface area (Å²) in [6.07, 6.45) is 1.56. The van der Waals surface area contributed by atoms with Gasteiger partial charge in [-0.15, -0.1) is 0 Å². The zero-order chi connectivity index (χ0) is 20.9. The van der Waals surface area contributed by atoms with E-state index in [9.17, 15) is 14.6 Å². The van der Waals surface area contributed by atoms with Crippen molar-refractivity contribution in [3.63, 3.8) is 0 Å². The highest BCUT2D eigenvalue weighted by molar-refractivity contribution is 5.76. The number of rotatable bonds is 7. The molecule has 0 aliphatic carbocycles. The number of para-hydroxylation sites is 1. The summed E-state index contributed by atoms with van der Waals surface area (Å²) in [4.78, 5) is 16.3. The number of aromatic amines is 1. The van der Waals surface area contributed by atoms with E-state index in [1.165, 1.54) is 12.1 Å². The first-order chi connectivity index (χ1) is 14.7. The SMILES string of the molecule is OCC(CO)c1nc(-c2ccc(F)cc2)c(-c2ccnc(Oc3ccccc3)n2)[nH]1. The molecule has 152 valence electrons. The van der Waals surface area contributed by atoms with Gasteiger partial charge in [0.1, 0.15) is 17.4 Å². The van der Waals surface area contributed by atoms with Gasteiger partial charge in [0, 0.05) is 11.8 Å². The Bertz CT molecular complexity index is 1110. The molecular formula is C22H19FN4O3. The lowest BCUT2D eigenvalue weighted by Gasteiger charge is -2.07. The van der Waals surface area contributed by atoms with Gasteiger partial charge >= 0.3 is 6.01 Å². The van der Waals surface area contributed by atoms with E-state index in [2.05, 4.69) is 19.9 Å². The van der Waals surface area contributed by atoms with Gasteiger partial charge in [0.15, 0.2) is 0 Å². The summed E-state index contributed by atoms with van der Waals surface area (Å²) in [5, 5.41) is 19.1. The molecule has 0 saturated carbocycles. The van der Waals surface area contributed by atoms with Gasteiger partial charge in [-0.25, -0.2) is 14.4 Å². The Morgan fingerprint density at radius 1 is 0.933 bits per heavy atom. The molecule has 0 radical (unpaired) electrons. The quantitative estimate of drug-likeness (QED) is 0.434. The minimum absolute atomic E-state index is 0.153. The zero-order valence-corrected chi connectivity index (χ0v) is 15.9. The van der Waals surface area contributed by atoms with Crippen LogP contribution < -0.4 is 4.74 Å². The topological polar surface area (TPSA) is 104 Å². The zero-order valence-electron chi connectivity index (χ0n) is 15.9. The normalized spacial score (nSPS) is 11.1. The standard InChI is InChI=1S/C22H19FN4O3/c23-16-8-6-14(7-9-16)19-20(27-21(26-19)15(12-28)13-29)18-10-11-24-22(25-18)30-17-4-2-1-3-5-17/h1-11,15,28-29H,12-13H2,(H,26,27). The third kappa shape index (κ3) is 4.19. The maximum absolute atomic E-state index is 13.4. The minimum Gasteiger partial charge on any atom is -0.424 e. The molecule has 0 saturated heterocycles. The summed E-state index contributed by atoms with van der Waals surface area (Å²) in [7, 11) is 0. The Morgan fingerprint density at radius 3 is 2.37 bits per heavy atom. The Labute approximate surface area is 171 Å². The van der Waals surface area contributed by atoms with Crippen LogP contribution in [0.4, 0.5) is 4.39 Å². The van der Waals surface area contributed by atoms with Gasteiger partial charge in [-0.3, -0.25) is 0 Å². The fourth-order valence-corrected chi connectivity index (χ4v) is 2.94. The molecule has 0 unspecified atom stereocenters. The van der Waals surface area contributed by atoms with Crippen LogP contribution in [0.3, 0.4) is 0 Å². The maximum atomic E-state index is 13.4. The largest absolute Gasteiger partial charge is 0.424 e. The summed E-state index contributed by atoms with van der Waals surface area (Å²) in [6.45, 7) is -0.559. The third-order valence-corrected chi connectivity index (χ3v) is 4.51. The number of H-pyrrole nitrogens is 1. The van der Waals surface area contributed by atoms with E-state index in [4.69, 9.17) is 4.74 Å². The Morgan fingerprint density at radius 2 is 1.67 bits per heavy atom. The summed E-state index contributed by atoms with van der Waals surface area (Å²) in [5.74, 6) is 0.0536. The second-order valence-electron chi connectivity index (χ2n) is 6.55. The molecule has 0 fully saturated rings. The number of hydrogen-bond donors (Lipinski definition) is 3. The number of hydrogen-bond acceptors (Lipinski definition) is 6.